The van der Waals surface area contributed by atoms with Crippen molar-refractivity contribution >= 4 is 28.1 Å². The molecule has 3 aromatic carbocycles. The first-order valence-electron chi connectivity index (χ1n) is 8.23. The molecule has 0 heterocycles. The van der Waals surface area contributed by atoms with Gasteiger partial charge in [-0.3, -0.25) is 19.4 Å². The molecule has 0 saturated carbocycles. The average molecular weight is 364 g/mol. The maximum Gasteiger partial charge on any atom is 0.270 e. The molecule has 0 bridgehead atoms. The van der Waals surface area contributed by atoms with Gasteiger partial charge in [-0.1, -0.05) is 48.5 Å². The molecule has 0 saturated heterocycles. The molecular weight excluding hydrogens is 344 g/mol. The lowest BCUT2D eigenvalue weighted by molar-refractivity contribution is 0.0953. The molecule has 5 heteroatoms. The van der Waals surface area contributed by atoms with Crippen molar-refractivity contribution in [3.8, 4) is 0 Å². The van der Waals surface area contributed by atoms with Gasteiger partial charge in [0.1, 0.15) is 0 Å². The second-order valence-corrected chi connectivity index (χ2v) is 7.30. The fraction of sp³-hybridized carbons (Fsp3) is 0.0952. The number of carbonyl (C=O) groups is 1. The van der Waals surface area contributed by atoms with Crippen LogP contribution in [0.5, 0.6) is 0 Å². The van der Waals surface area contributed by atoms with E-state index in [0.717, 1.165) is 16.9 Å². The largest absolute Gasteiger partial charge is 0.270 e. The van der Waals surface area contributed by atoms with Crippen molar-refractivity contribution in [1.82, 2.24) is 5.43 Å². The van der Waals surface area contributed by atoms with Crippen LogP contribution in [0.4, 0.5) is 11.4 Å². The number of hydrogen-bond donors (Lipinski definition) is 1. The molecule has 0 aromatic heterocycles. The summed E-state index contributed by atoms with van der Waals surface area (Å²) >= 11 is 0. The van der Waals surface area contributed by atoms with Crippen LogP contribution in [0.15, 0.2) is 84.9 Å². The minimum atomic E-state index is -0.950. The van der Waals surface area contributed by atoms with Crippen molar-refractivity contribution in [2.75, 3.05) is 11.3 Å². The number of rotatable bonds is 6. The number of anilines is 2. The van der Waals surface area contributed by atoms with Crippen molar-refractivity contribution in [1.29, 1.82) is 0 Å². The highest BCUT2D eigenvalue weighted by atomic mass is 32.2. The molecule has 0 radical (unpaired) electrons. The number of nitrogens with zero attached hydrogens (tertiary/aromatic N) is 1. The molecule has 0 spiro atoms. The van der Waals surface area contributed by atoms with E-state index in [-0.39, 0.29) is 5.91 Å². The Balaban J connectivity index is 1.88. The van der Waals surface area contributed by atoms with E-state index in [1.807, 2.05) is 72.8 Å². The van der Waals surface area contributed by atoms with Crippen LogP contribution in [-0.2, 0) is 16.6 Å². The van der Waals surface area contributed by atoms with Crippen molar-refractivity contribution in [2.45, 2.75) is 5.75 Å². The van der Waals surface area contributed by atoms with Crippen LogP contribution < -0.4 is 10.4 Å². The lowest BCUT2D eigenvalue weighted by Crippen LogP contribution is -2.38. The van der Waals surface area contributed by atoms with Crippen LogP contribution in [0.2, 0.25) is 0 Å². The number of benzene rings is 3. The summed E-state index contributed by atoms with van der Waals surface area (Å²) in [6.07, 6.45) is 1.65. The molecule has 0 aliphatic rings. The van der Waals surface area contributed by atoms with E-state index in [0.29, 0.717) is 11.3 Å². The molecule has 1 unspecified atom stereocenters. The van der Waals surface area contributed by atoms with E-state index < -0.39 is 10.8 Å². The molecule has 0 aliphatic heterocycles. The number of para-hydroxylation sites is 2. The third kappa shape index (κ3) is 4.58. The van der Waals surface area contributed by atoms with Gasteiger partial charge < -0.3 is 0 Å². The number of hydrogen-bond acceptors (Lipinski definition) is 3. The molecule has 1 N–H and O–H groups in total. The standard InChI is InChI=1S/C21H20N2O2S/c1-26(25)16-17-9-8-10-18(15-17)21(24)22-23(19-11-4-2-5-12-19)20-13-6-3-7-14-20/h2-15H,16H2,1H3,(H,22,24). The predicted molar refractivity (Wildman–Crippen MR) is 107 cm³/mol. The summed E-state index contributed by atoms with van der Waals surface area (Å²) in [5.74, 6) is 0.212. The molecule has 26 heavy (non-hydrogen) atoms. The lowest BCUT2D eigenvalue weighted by atomic mass is 10.1. The summed E-state index contributed by atoms with van der Waals surface area (Å²) in [4.78, 5) is 12.8. The second-order valence-electron chi connectivity index (χ2n) is 5.87. The Morgan fingerprint density at radius 3 is 2.00 bits per heavy atom. The quantitative estimate of drug-likeness (QED) is 0.672. The van der Waals surface area contributed by atoms with E-state index >= 15 is 0 Å². The van der Waals surface area contributed by atoms with Gasteiger partial charge in [-0.05, 0) is 42.0 Å². The fourth-order valence-electron chi connectivity index (χ4n) is 2.64. The minimum absolute atomic E-state index is 0.221. The van der Waals surface area contributed by atoms with E-state index in [2.05, 4.69) is 5.43 Å². The molecule has 132 valence electrons. The first-order valence-corrected chi connectivity index (χ1v) is 9.96. The molecule has 1 atom stereocenters. The van der Waals surface area contributed by atoms with E-state index in [1.54, 1.807) is 23.4 Å². The van der Waals surface area contributed by atoms with Crippen LogP contribution in [0, 0.1) is 0 Å². The molecule has 0 aliphatic carbocycles. The predicted octanol–water partition coefficient (Wildman–Crippen LogP) is 4.05. The van der Waals surface area contributed by atoms with Gasteiger partial charge in [0.2, 0.25) is 0 Å². The SMILES string of the molecule is CS(=O)Cc1cccc(C(=O)NN(c2ccccc2)c2ccccc2)c1. The van der Waals surface area contributed by atoms with Crippen LogP contribution >= 0.6 is 0 Å². The molecule has 1 amide bonds. The van der Waals surface area contributed by atoms with E-state index in [1.165, 1.54) is 0 Å². The zero-order chi connectivity index (χ0) is 18.4. The van der Waals surface area contributed by atoms with E-state index in [4.69, 9.17) is 0 Å². The van der Waals surface area contributed by atoms with Gasteiger partial charge >= 0.3 is 0 Å². The summed E-state index contributed by atoms with van der Waals surface area (Å²) in [6, 6.07) is 26.5. The van der Waals surface area contributed by atoms with Gasteiger partial charge in [-0.2, -0.15) is 0 Å². The third-order valence-electron chi connectivity index (χ3n) is 3.80. The Morgan fingerprint density at radius 2 is 1.46 bits per heavy atom. The number of amides is 1. The Bertz CT molecular complexity index is 859. The van der Waals surface area contributed by atoms with Gasteiger partial charge in [0.25, 0.3) is 5.91 Å². The summed E-state index contributed by atoms with van der Waals surface area (Å²) < 4.78 is 11.4. The zero-order valence-electron chi connectivity index (χ0n) is 14.5. The third-order valence-corrected chi connectivity index (χ3v) is 4.54. The van der Waals surface area contributed by atoms with Crippen LogP contribution in [0.1, 0.15) is 15.9 Å². The highest BCUT2D eigenvalue weighted by Crippen LogP contribution is 2.23. The summed E-state index contributed by atoms with van der Waals surface area (Å²) in [5, 5.41) is 1.76. The van der Waals surface area contributed by atoms with Crippen LogP contribution in [-0.4, -0.2) is 16.4 Å². The van der Waals surface area contributed by atoms with Gasteiger partial charge in [0.15, 0.2) is 0 Å². The molecule has 3 aromatic rings. The first kappa shape index (κ1) is 17.9. The van der Waals surface area contributed by atoms with Gasteiger partial charge in [0, 0.05) is 28.4 Å². The number of nitrogens with one attached hydrogen (secondary N) is 1. The number of carbonyl (C=O) groups excluding carboxylic acids is 1. The van der Waals surface area contributed by atoms with Crippen molar-refractivity contribution < 1.29 is 9.00 Å². The fourth-order valence-corrected chi connectivity index (χ4v) is 3.28. The molecule has 4 nitrogen and oxygen atoms in total. The Kier molecular flexibility index (Phi) is 5.81. The summed E-state index contributed by atoms with van der Waals surface area (Å²) in [7, 11) is -0.950. The maximum atomic E-state index is 12.8. The van der Waals surface area contributed by atoms with Gasteiger partial charge in [-0.15, -0.1) is 0 Å². The van der Waals surface area contributed by atoms with Crippen LogP contribution in [0.25, 0.3) is 0 Å². The van der Waals surface area contributed by atoms with E-state index in [9.17, 15) is 9.00 Å². The van der Waals surface area contributed by atoms with Crippen molar-refractivity contribution in [3.05, 3.63) is 96.1 Å². The molecule has 0 fully saturated rings. The zero-order valence-corrected chi connectivity index (χ0v) is 15.3. The maximum absolute atomic E-state index is 12.8. The summed E-state index contributed by atoms with van der Waals surface area (Å²) in [5.41, 5.74) is 6.09. The Morgan fingerprint density at radius 1 is 0.885 bits per heavy atom. The highest BCUT2D eigenvalue weighted by molar-refractivity contribution is 7.83. The highest BCUT2D eigenvalue weighted by Gasteiger charge is 2.14. The molecular formula is C21H20N2O2S. The molecule has 3 rings (SSSR count). The van der Waals surface area contributed by atoms with Gasteiger partial charge in [0.05, 0.1) is 11.4 Å². The van der Waals surface area contributed by atoms with Crippen LogP contribution in [0.3, 0.4) is 0 Å². The number of hydrazine groups is 1. The first-order chi connectivity index (χ1) is 12.6. The monoisotopic (exact) mass is 364 g/mol. The van der Waals surface area contributed by atoms with Crippen molar-refractivity contribution in [3.63, 3.8) is 0 Å². The summed E-state index contributed by atoms with van der Waals surface area (Å²) in [6.45, 7) is 0. The normalized spacial score (nSPS) is 11.6. The lowest BCUT2D eigenvalue weighted by Gasteiger charge is -2.25. The Hall–Kier alpha value is -2.92. The Labute approximate surface area is 155 Å². The minimum Gasteiger partial charge on any atom is -0.267 e. The van der Waals surface area contributed by atoms with Gasteiger partial charge in [-0.25, -0.2) is 0 Å². The topological polar surface area (TPSA) is 49.4 Å². The average Bonchev–Trinajstić information content (AvgIpc) is 2.67. The smallest absolute Gasteiger partial charge is 0.267 e. The van der Waals surface area contributed by atoms with Crippen molar-refractivity contribution in [2.24, 2.45) is 0 Å². The second kappa shape index (κ2) is 8.45.